The number of pyridine rings is 1. The number of aromatic nitrogens is 3. The zero-order chi connectivity index (χ0) is 13.7. The average Bonchev–Trinajstić information content (AvgIpc) is 2.76. The molecule has 2 heterocycles. The van der Waals surface area contributed by atoms with E-state index in [0.29, 0.717) is 0 Å². The molecule has 0 fully saturated rings. The van der Waals surface area contributed by atoms with E-state index in [0.717, 1.165) is 41.9 Å². The van der Waals surface area contributed by atoms with E-state index in [4.69, 9.17) is 0 Å². The van der Waals surface area contributed by atoms with Gasteiger partial charge in [-0.15, -0.1) is 0 Å². The van der Waals surface area contributed by atoms with Gasteiger partial charge in [-0.25, -0.2) is 0 Å². The maximum Gasteiger partial charge on any atom is 0.0767 e. The maximum atomic E-state index is 4.59. The van der Waals surface area contributed by atoms with Crippen molar-refractivity contribution in [3.8, 4) is 0 Å². The van der Waals surface area contributed by atoms with Crippen molar-refractivity contribution in [2.75, 3.05) is 0 Å². The summed E-state index contributed by atoms with van der Waals surface area (Å²) in [6.07, 6.45) is 2.76. The molecule has 0 bridgehead atoms. The van der Waals surface area contributed by atoms with Gasteiger partial charge >= 0.3 is 0 Å². The van der Waals surface area contributed by atoms with Crippen LogP contribution in [0.2, 0.25) is 0 Å². The van der Waals surface area contributed by atoms with Gasteiger partial charge in [0, 0.05) is 25.8 Å². The minimum absolute atomic E-state index is 0.767. The predicted octanol–water partition coefficient (Wildman–Crippen LogP) is 2.91. The molecule has 0 saturated carbocycles. The summed E-state index contributed by atoms with van der Waals surface area (Å²) in [7, 11) is 0. The lowest BCUT2D eigenvalue weighted by Crippen LogP contribution is -2.17. The van der Waals surface area contributed by atoms with E-state index < -0.39 is 0 Å². The highest BCUT2D eigenvalue weighted by Gasteiger charge is 2.13. The number of halogens is 1. The zero-order valence-electron chi connectivity index (χ0n) is 11.4. The van der Waals surface area contributed by atoms with E-state index in [1.807, 2.05) is 29.1 Å². The molecule has 0 atom stereocenters. The molecule has 0 aliphatic rings. The summed E-state index contributed by atoms with van der Waals surface area (Å²) in [4.78, 5) is 4.30. The first-order chi connectivity index (χ1) is 9.26. The second-order valence-electron chi connectivity index (χ2n) is 4.30. The van der Waals surface area contributed by atoms with Crippen molar-refractivity contribution >= 4 is 15.9 Å². The highest BCUT2D eigenvalue weighted by molar-refractivity contribution is 9.10. The second kappa shape index (κ2) is 6.82. The summed E-state index contributed by atoms with van der Waals surface area (Å²) >= 11 is 3.65. The smallest absolute Gasteiger partial charge is 0.0767 e. The molecule has 0 unspecified atom stereocenters. The molecule has 0 aromatic carbocycles. The first kappa shape index (κ1) is 14.2. The fraction of sp³-hybridized carbons (Fsp3) is 0.429. The molecule has 1 N–H and O–H groups in total. The van der Waals surface area contributed by atoms with Gasteiger partial charge in [-0.3, -0.25) is 9.67 Å². The van der Waals surface area contributed by atoms with Crippen molar-refractivity contribution in [3.05, 3.63) is 46.0 Å². The lowest BCUT2D eigenvalue weighted by atomic mass is 10.3. The van der Waals surface area contributed by atoms with Crippen molar-refractivity contribution in [2.24, 2.45) is 0 Å². The summed E-state index contributed by atoms with van der Waals surface area (Å²) < 4.78 is 3.18. The number of nitrogens with one attached hydrogen (secondary N) is 1. The molecule has 0 aliphatic heterocycles. The van der Waals surface area contributed by atoms with Crippen LogP contribution in [-0.4, -0.2) is 14.8 Å². The van der Waals surface area contributed by atoms with Crippen LogP contribution in [0.5, 0.6) is 0 Å². The normalized spacial score (nSPS) is 10.9. The SMILES string of the molecule is CCc1nn(CC)c(CNCc2ccccn2)c1Br. The van der Waals surface area contributed by atoms with Crippen LogP contribution >= 0.6 is 15.9 Å². The molecule has 4 nitrogen and oxygen atoms in total. The molecule has 2 aromatic heterocycles. The summed E-state index contributed by atoms with van der Waals surface area (Å²) in [5.41, 5.74) is 3.38. The molecule has 2 rings (SSSR count). The van der Waals surface area contributed by atoms with Crippen molar-refractivity contribution in [3.63, 3.8) is 0 Å². The number of aryl methyl sites for hydroxylation is 2. The molecule has 0 spiro atoms. The van der Waals surface area contributed by atoms with Gasteiger partial charge in [0.25, 0.3) is 0 Å². The Hall–Kier alpha value is -1.20. The molecule has 2 aromatic rings. The minimum atomic E-state index is 0.767. The third-order valence-electron chi connectivity index (χ3n) is 3.02. The highest BCUT2D eigenvalue weighted by atomic mass is 79.9. The standard InChI is InChI=1S/C14H19BrN4/c1-3-12-14(15)13(19(4-2)18-12)10-16-9-11-7-5-6-8-17-11/h5-8,16H,3-4,9-10H2,1-2H3. The summed E-state index contributed by atoms with van der Waals surface area (Å²) in [5.74, 6) is 0. The lowest BCUT2D eigenvalue weighted by Gasteiger charge is -2.07. The molecule has 0 aliphatic carbocycles. The number of hydrogen-bond acceptors (Lipinski definition) is 3. The molecule has 5 heteroatoms. The van der Waals surface area contributed by atoms with Gasteiger partial charge in [0.05, 0.1) is 21.6 Å². The molecule has 0 amide bonds. The summed E-state index contributed by atoms with van der Waals surface area (Å²) in [6, 6.07) is 5.96. The van der Waals surface area contributed by atoms with Gasteiger partial charge in [-0.1, -0.05) is 13.0 Å². The third-order valence-corrected chi connectivity index (χ3v) is 3.93. The fourth-order valence-corrected chi connectivity index (χ4v) is 2.70. The lowest BCUT2D eigenvalue weighted by molar-refractivity contribution is 0.574. The van der Waals surface area contributed by atoms with Gasteiger partial charge in [0.2, 0.25) is 0 Å². The van der Waals surface area contributed by atoms with Crippen molar-refractivity contribution in [1.29, 1.82) is 0 Å². The topological polar surface area (TPSA) is 42.7 Å². The van der Waals surface area contributed by atoms with Crippen molar-refractivity contribution in [1.82, 2.24) is 20.1 Å². The molecule has 0 saturated heterocycles. The van der Waals surface area contributed by atoms with Crippen LogP contribution < -0.4 is 5.32 Å². The van der Waals surface area contributed by atoms with Crippen LogP contribution in [-0.2, 0) is 26.1 Å². The van der Waals surface area contributed by atoms with Crippen LogP contribution in [0.15, 0.2) is 28.9 Å². The molecule has 0 radical (unpaired) electrons. The van der Waals surface area contributed by atoms with E-state index >= 15 is 0 Å². The van der Waals surface area contributed by atoms with Crippen molar-refractivity contribution < 1.29 is 0 Å². The monoisotopic (exact) mass is 322 g/mol. The first-order valence-electron chi connectivity index (χ1n) is 6.60. The zero-order valence-corrected chi connectivity index (χ0v) is 12.9. The van der Waals surface area contributed by atoms with Gasteiger partial charge in [-0.2, -0.15) is 5.10 Å². The van der Waals surface area contributed by atoms with Crippen LogP contribution in [0, 0.1) is 0 Å². The number of hydrogen-bond donors (Lipinski definition) is 1. The van der Waals surface area contributed by atoms with Gasteiger partial charge in [0.15, 0.2) is 0 Å². The maximum absolute atomic E-state index is 4.59. The van der Waals surface area contributed by atoms with Crippen LogP contribution in [0.3, 0.4) is 0 Å². The van der Waals surface area contributed by atoms with E-state index in [1.165, 1.54) is 5.69 Å². The Morgan fingerprint density at radius 2 is 2.11 bits per heavy atom. The van der Waals surface area contributed by atoms with E-state index in [2.05, 4.69) is 45.2 Å². The van der Waals surface area contributed by atoms with E-state index in [-0.39, 0.29) is 0 Å². The second-order valence-corrected chi connectivity index (χ2v) is 5.09. The molecule has 19 heavy (non-hydrogen) atoms. The summed E-state index contributed by atoms with van der Waals surface area (Å²) in [5, 5.41) is 8.00. The third kappa shape index (κ3) is 3.42. The Morgan fingerprint density at radius 1 is 1.26 bits per heavy atom. The van der Waals surface area contributed by atoms with Crippen molar-refractivity contribution in [2.45, 2.75) is 39.9 Å². The Balaban J connectivity index is 2.01. The quantitative estimate of drug-likeness (QED) is 0.889. The van der Waals surface area contributed by atoms with Crippen LogP contribution in [0.25, 0.3) is 0 Å². The summed E-state index contributed by atoms with van der Waals surface area (Å²) in [6.45, 7) is 6.68. The minimum Gasteiger partial charge on any atom is -0.305 e. The molecular formula is C14H19BrN4. The van der Waals surface area contributed by atoms with E-state index in [9.17, 15) is 0 Å². The first-order valence-corrected chi connectivity index (χ1v) is 7.40. The fourth-order valence-electron chi connectivity index (χ4n) is 2.00. The predicted molar refractivity (Wildman–Crippen MR) is 79.8 cm³/mol. The Bertz CT molecular complexity index is 522. The highest BCUT2D eigenvalue weighted by Crippen LogP contribution is 2.22. The average molecular weight is 323 g/mol. The van der Waals surface area contributed by atoms with Gasteiger partial charge in [-0.05, 0) is 41.4 Å². The van der Waals surface area contributed by atoms with E-state index in [1.54, 1.807) is 0 Å². The molecular weight excluding hydrogens is 304 g/mol. The van der Waals surface area contributed by atoms with Crippen LogP contribution in [0.4, 0.5) is 0 Å². The number of rotatable bonds is 6. The number of nitrogens with zero attached hydrogens (tertiary/aromatic N) is 3. The van der Waals surface area contributed by atoms with Crippen LogP contribution in [0.1, 0.15) is 30.9 Å². The largest absolute Gasteiger partial charge is 0.305 e. The van der Waals surface area contributed by atoms with Gasteiger partial charge < -0.3 is 5.32 Å². The van der Waals surface area contributed by atoms with Gasteiger partial charge in [0.1, 0.15) is 0 Å². The molecule has 102 valence electrons. The Morgan fingerprint density at radius 3 is 2.74 bits per heavy atom. The Kier molecular flexibility index (Phi) is 5.10. The Labute approximate surface area is 122 Å².